The molecule has 20 heavy (non-hydrogen) atoms. The SMILES string of the molecule is CCc1ccccc1N1C(=O)CNc2cc(Br)ccc21. The van der Waals surface area contributed by atoms with Gasteiger partial charge in [0.25, 0.3) is 5.91 Å². The molecule has 0 atom stereocenters. The number of aryl methyl sites for hydroxylation is 1. The van der Waals surface area contributed by atoms with Gasteiger partial charge in [-0.2, -0.15) is 0 Å². The van der Waals surface area contributed by atoms with Crippen molar-refractivity contribution in [2.45, 2.75) is 13.3 Å². The summed E-state index contributed by atoms with van der Waals surface area (Å²) in [6.07, 6.45) is 0.902. The van der Waals surface area contributed by atoms with Crippen LogP contribution in [0, 0.1) is 0 Å². The van der Waals surface area contributed by atoms with E-state index in [1.54, 1.807) is 0 Å². The first-order chi connectivity index (χ1) is 9.70. The maximum absolute atomic E-state index is 12.4. The molecule has 3 nitrogen and oxygen atoms in total. The summed E-state index contributed by atoms with van der Waals surface area (Å²) in [4.78, 5) is 14.2. The Hall–Kier alpha value is -1.81. The molecule has 4 heteroatoms. The van der Waals surface area contributed by atoms with Gasteiger partial charge < -0.3 is 5.32 Å². The van der Waals surface area contributed by atoms with Crippen molar-refractivity contribution < 1.29 is 4.79 Å². The molecule has 1 N–H and O–H groups in total. The van der Waals surface area contributed by atoms with Gasteiger partial charge in [0.05, 0.1) is 23.6 Å². The van der Waals surface area contributed by atoms with Gasteiger partial charge >= 0.3 is 0 Å². The average Bonchev–Trinajstić information content (AvgIpc) is 2.47. The Bertz CT molecular complexity index is 669. The molecular formula is C16H15BrN2O. The number of hydrogen-bond acceptors (Lipinski definition) is 2. The number of carbonyl (C=O) groups excluding carboxylic acids is 1. The lowest BCUT2D eigenvalue weighted by Crippen LogP contribution is -2.36. The zero-order valence-electron chi connectivity index (χ0n) is 11.2. The second kappa shape index (κ2) is 5.29. The first-order valence-corrected chi connectivity index (χ1v) is 7.44. The number of rotatable bonds is 2. The lowest BCUT2D eigenvalue weighted by molar-refractivity contribution is -0.116. The normalized spacial score (nSPS) is 13.9. The summed E-state index contributed by atoms with van der Waals surface area (Å²) in [5, 5.41) is 3.17. The number of anilines is 3. The van der Waals surface area contributed by atoms with Crippen LogP contribution in [0.25, 0.3) is 0 Å². The first kappa shape index (κ1) is 13.2. The number of para-hydroxylation sites is 1. The maximum Gasteiger partial charge on any atom is 0.250 e. The van der Waals surface area contributed by atoms with E-state index in [0.717, 1.165) is 28.0 Å². The standard InChI is InChI=1S/C16H15BrN2O/c1-2-11-5-3-4-6-14(11)19-15-8-7-12(17)9-13(15)18-10-16(19)20/h3-9,18H,2,10H2,1H3. The smallest absolute Gasteiger partial charge is 0.250 e. The van der Waals surface area contributed by atoms with Crippen LogP contribution in [-0.2, 0) is 11.2 Å². The van der Waals surface area contributed by atoms with Crippen molar-refractivity contribution in [2.75, 3.05) is 16.8 Å². The molecular weight excluding hydrogens is 316 g/mol. The van der Waals surface area contributed by atoms with E-state index in [1.807, 2.05) is 41.3 Å². The van der Waals surface area contributed by atoms with Crippen LogP contribution >= 0.6 is 15.9 Å². The van der Waals surface area contributed by atoms with Crippen LogP contribution in [0.4, 0.5) is 17.1 Å². The number of amides is 1. The fourth-order valence-electron chi connectivity index (χ4n) is 2.52. The summed E-state index contributed by atoms with van der Waals surface area (Å²) in [6.45, 7) is 2.43. The number of fused-ring (bicyclic) bond motifs is 1. The third-order valence-electron chi connectivity index (χ3n) is 3.49. The van der Waals surface area contributed by atoms with Gasteiger partial charge in [0.1, 0.15) is 0 Å². The molecule has 1 aliphatic heterocycles. The topological polar surface area (TPSA) is 32.3 Å². The summed E-state index contributed by atoms with van der Waals surface area (Å²) in [5.74, 6) is 0.0701. The van der Waals surface area contributed by atoms with E-state index < -0.39 is 0 Å². The average molecular weight is 331 g/mol. The van der Waals surface area contributed by atoms with E-state index in [4.69, 9.17) is 0 Å². The van der Waals surface area contributed by atoms with Crippen LogP contribution < -0.4 is 10.2 Å². The molecule has 1 heterocycles. The Morgan fingerprint density at radius 1 is 1.20 bits per heavy atom. The predicted octanol–water partition coefficient (Wildman–Crippen LogP) is 4.10. The molecule has 0 radical (unpaired) electrons. The Kier molecular flexibility index (Phi) is 3.49. The van der Waals surface area contributed by atoms with E-state index in [1.165, 1.54) is 5.56 Å². The van der Waals surface area contributed by atoms with Crippen LogP contribution in [0.1, 0.15) is 12.5 Å². The van der Waals surface area contributed by atoms with Gasteiger partial charge in [-0.25, -0.2) is 0 Å². The van der Waals surface area contributed by atoms with Crippen LogP contribution in [-0.4, -0.2) is 12.5 Å². The van der Waals surface area contributed by atoms with Gasteiger partial charge in [0.2, 0.25) is 0 Å². The van der Waals surface area contributed by atoms with Crippen LogP contribution in [0.2, 0.25) is 0 Å². The molecule has 2 aromatic carbocycles. The maximum atomic E-state index is 12.4. The molecule has 3 rings (SSSR count). The monoisotopic (exact) mass is 330 g/mol. The van der Waals surface area contributed by atoms with E-state index in [-0.39, 0.29) is 5.91 Å². The molecule has 102 valence electrons. The fraction of sp³-hybridized carbons (Fsp3) is 0.188. The van der Waals surface area contributed by atoms with E-state index in [2.05, 4.69) is 34.2 Å². The Labute approximate surface area is 126 Å². The number of nitrogens with one attached hydrogen (secondary N) is 1. The van der Waals surface area contributed by atoms with Crippen molar-refractivity contribution in [1.29, 1.82) is 0 Å². The zero-order valence-corrected chi connectivity index (χ0v) is 12.8. The van der Waals surface area contributed by atoms with Crippen molar-refractivity contribution in [1.82, 2.24) is 0 Å². The number of nitrogens with zero attached hydrogens (tertiary/aromatic N) is 1. The number of benzene rings is 2. The van der Waals surface area contributed by atoms with Gasteiger partial charge in [0, 0.05) is 4.47 Å². The number of carbonyl (C=O) groups is 1. The van der Waals surface area contributed by atoms with Crippen molar-refractivity contribution in [2.24, 2.45) is 0 Å². The van der Waals surface area contributed by atoms with E-state index >= 15 is 0 Å². The quantitative estimate of drug-likeness (QED) is 0.898. The Morgan fingerprint density at radius 2 is 2.00 bits per heavy atom. The molecule has 0 bridgehead atoms. The van der Waals surface area contributed by atoms with Crippen molar-refractivity contribution in [3.05, 3.63) is 52.5 Å². The highest BCUT2D eigenvalue weighted by Gasteiger charge is 2.26. The van der Waals surface area contributed by atoms with Gasteiger partial charge in [-0.15, -0.1) is 0 Å². The van der Waals surface area contributed by atoms with Crippen molar-refractivity contribution >= 4 is 38.9 Å². The van der Waals surface area contributed by atoms with E-state index in [0.29, 0.717) is 6.54 Å². The first-order valence-electron chi connectivity index (χ1n) is 6.65. The fourth-order valence-corrected chi connectivity index (χ4v) is 2.88. The highest BCUT2D eigenvalue weighted by atomic mass is 79.9. The van der Waals surface area contributed by atoms with Crippen molar-refractivity contribution in [3.63, 3.8) is 0 Å². The lowest BCUT2D eigenvalue weighted by atomic mass is 10.1. The Balaban J connectivity index is 2.16. The molecule has 0 aliphatic carbocycles. The third kappa shape index (κ3) is 2.20. The molecule has 0 aromatic heterocycles. The highest BCUT2D eigenvalue weighted by Crippen LogP contribution is 2.38. The van der Waals surface area contributed by atoms with Crippen LogP contribution in [0.5, 0.6) is 0 Å². The number of halogens is 1. The summed E-state index contributed by atoms with van der Waals surface area (Å²) >= 11 is 3.47. The molecule has 0 fully saturated rings. The number of hydrogen-bond donors (Lipinski definition) is 1. The molecule has 2 aromatic rings. The largest absolute Gasteiger partial charge is 0.374 e. The molecule has 0 saturated carbocycles. The van der Waals surface area contributed by atoms with Crippen molar-refractivity contribution in [3.8, 4) is 0 Å². The molecule has 1 aliphatic rings. The lowest BCUT2D eigenvalue weighted by Gasteiger charge is -2.31. The van der Waals surface area contributed by atoms with Gasteiger partial charge in [-0.05, 0) is 36.2 Å². The summed E-state index contributed by atoms with van der Waals surface area (Å²) in [7, 11) is 0. The second-order valence-corrected chi connectivity index (χ2v) is 5.64. The summed E-state index contributed by atoms with van der Waals surface area (Å²) in [5.41, 5.74) is 4.04. The zero-order chi connectivity index (χ0) is 14.1. The molecule has 0 spiro atoms. The van der Waals surface area contributed by atoms with Crippen LogP contribution in [0.3, 0.4) is 0 Å². The molecule has 1 amide bonds. The molecule has 0 saturated heterocycles. The minimum absolute atomic E-state index is 0.0701. The van der Waals surface area contributed by atoms with Gasteiger partial charge in [-0.3, -0.25) is 9.69 Å². The minimum Gasteiger partial charge on any atom is -0.374 e. The molecule has 0 unspecified atom stereocenters. The predicted molar refractivity (Wildman–Crippen MR) is 85.6 cm³/mol. The Morgan fingerprint density at radius 3 is 2.80 bits per heavy atom. The van der Waals surface area contributed by atoms with E-state index in [9.17, 15) is 4.79 Å². The van der Waals surface area contributed by atoms with Gasteiger partial charge in [0.15, 0.2) is 0 Å². The van der Waals surface area contributed by atoms with Gasteiger partial charge in [-0.1, -0.05) is 41.1 Å². The van der Waals surface area contributed by atoms with Crippen LogP contribution in [0.15, 0.2) is 46.9 Å². The summed E-state index contributed by atoms with van der Waals surface area (Å²) in [6, 6.07) is 14.0. The minimum atomic E-state index is 0.0701. The summed E-state index contributed by atoms with van der Waals surface area (Å²) < 4.78 is 1.00. The third-order valence-corrected chi connectivity index (χ3v) is 3.99. The second-order valence-electron chi connectivity index (χ2n) is 4.73. The highest BCUT2D eigenvalue weighted by molar-refractivity contribution is 9.10.